The van der Waals surface area contributed by atoms with Gasteiger partial charge in [0, 0.05) is 26.2 Å². The van der Waals surface area contributed by atoms with Gasteiger partial charge in [0.1, 0.15) is 11.0 Å². The summed E-state index contributed by atoms with van der Waals surface area (Å²) in [7, 11) is 3.66. The van der Waals surface area contributed by atoms with Crippen LogP contribution in [0.5, 0.6) is 0 Å². The number of fused-ring (bicyclic) bond motifs is 2. The molecule has 0 aliphatic heterocycles. The number of hydrogen-bond acceptors (Lipinski definition) is 3. The van der Waals surface area contributed by atoms with Crippen molar-refractivity contribution in [3.8, 4) is 0 Å². The Bertz CT molecular complexity index is 548. The molecule has 1 aromatic rings. The summed E-state index contributed by atoms with van der Waals surface area (Å²) in [5.74, 6) is 3.07. The van der Waals surface area contributed by atoms with Gasteiger partial charge in [-0.15, -0.1) is 0 Å². The van der Waals surface area contributed by atoms with Crippen LogP contribution in [0, 0.1) is 17.8 Å². The molecular formula is C16H22ClN3O. The minimum atomic E-state index is 0.0265. The molecule has 1 heterocycles. The van der Waals surface area contributed by atoms with Crippen LogP contribution in [-0.4, -0.2) is 36.4 Å². The zero-order valence-corrected chi connectivity index (χ0v) is 13.4. The fraction of sp³-hybridized carbons (Fsp3) is 0.625. The summed E-state index contributed by atoms with van der Waals surface area (Å²) >= 11 is 5.98. The minimum absolute atomic E-state index is 0.0265. The maximum absolute atomic E-state index is 12.6. The highest BCUT2D eigenvalue weighted by Crippen LogP contribution is 2.48. The molecule has 3 rings (SSSR count). The van der Waals surface area contributed by atoms with Gasteiger partial charge in [0.25, 0.3) is 5.91 Å². The van der Waals surface area contributed by atoms with E-state index in [0.717, 1.165) is 18.4 Å². The van der Waals surface area contributed by atoms with Crippen molar-refractivity contribution in [3.63, 3.8) is 0 Å². The largest absolute Gasteiger partial charge is 0.373 e. The smallest absolute Gasteiger partial charge is 0.253 e. The van der Waals surface area contributed by atoms with Gasteiger partial charge < -0.3 is 10.2 Å². The molecule has 0 aromatic carbocycles. The second-order valence-corrected chi connectivity index (χ2v) is 6.82. The molecule has 3 atom stereocenters. The second kappa shape index (κ2) is 5.84. The van der Waals surface area contributed by atoms with E-state index in [9.17, 15) is 4.79 Å². The number of nitrogens with zero attached hydrogens (tertiary/aromatic N) is 2. The predicted octanol–water partition coefficient (Wildman–Crippen LogP) is 3.28. The number of nitrogens with one attached hydrogen (secondary N) is 1. The van der Waals surface area contributed by atoms with Crippen LogP contribution in [0.25, 0.3) is 0 Å². The van der Waals surface area contributed by atoms with Crippen molar-refractivity contribution in [2.45, 2.75) is 25.7 Å². The highest BCUT2D eigenvalue weighted by atomic mass is 35.5. The molecule has 1 N–H and O–H groups in total. The van der Waals surface area contributed by atoms with Crippen LogP contribution in [0.3, 0.4) is 0 Å². The number of carbonyl (C=O) groups is 1. The summed E-state index contributed by atoms with van der Waals surface area (Å²) in [5, 5.41) is 3.28. The van der Waals surface area contributed by atoms with Gasteiger partial charge >= 0.3 is 0 Å². The van der Waals surface area contributed by atoms with Gasteiger partial charge in [-0.1, -0.05) is 18.0 Å². The summed E-state index contributed by atoms with van der Waals surface area (Å²) in [4.78, 5) is 18.5. The van der Waals surface area contributed by atoms with E-state index in [2.05, 4.69) is 10.3 Å². The molecule has 3 unspecified atom stereocenters. The number of rotatable bonds is 4. The fourth-order valence-electron chi connectivity index (χ4n) is 4.00. The molecule has 2 fully saturated rings. The van der Waals surface area contributed by atoms with Crippen LogP contribution in [0.15, 0.2) is 12.1 Å². The van der Waals surface area contributed by atoms with E-state index in [1.165, 1.54) is 25.7 Å². The normalized spacial score (nSPS) is 26.9. The average Bonchev–Trinajstić information content (AvgIpc) is 3.08. The summed E-state index contributed by atoms with van der Waals surface area (Å²) in [6.45, 7) is 0.856. The second-order valence-electron chi connectivity index (χ2n) is 6.43. The van der Waals surface area contributed by atoms with Gasteiger partial charge in [-0.3, -0.25) is 4.79 Å². The third-order valence-electron chi connectivity index (χ3n) is 5.04. The first-order valence-electron chi connectivity index (χ1n) is 7.67. The Labute approximate surface area is 130 Å². The number of carbonyl (C=O) groups excluding carboxylic acids is 1. The third kappa shape index (κ3) is 3.00. The number of anilines is 1. The van der Waals surface area contributed by atoms with Crippen molar-refractivity contribution in [1.29, 1.82) is 0 Å². The van der Waals surface area contributed by atoms with E-state index >= 15 is 0 Å². The van der Waals surface area contributed by atoms with Crippen LogP contribution < -0.4 is 5.32 Å². The molecule has 0 spiro atoms. The van der Waals surface area contributed by atoms with Crippen molar-refractivity contribution in [1.82, 2.24) is 9.88 Å². The molecule has 0 saturated heterocycles. The lowest BCUT2D eigenvalue weighted by Crippen LogP contribution is -2.33. The Morgan fingerprint density at radius 2 is 2.24 bits per heavy atom. The van der Waals surface area contributed by atoms with Gasteiger partial charge in [-0.25, -0.2) is 4.98 Å². The highest BCUT2D eigenvalue weighted by Gasteiger charge is 2.40. The van der Waals surface area contributed by atoms with Crippen LogP contribution in [0.4, 0.5) is 5.82 Å². The average molecular weight is 308 g/mol. The monoisotopic (exact) mass is 307 g/mol. The zero-order chi connectivity index (χ0) is 15.0. The standard InChI is InChI=1S/C16H22ClN3O/c1-18-15-8-12(7-14(17)19-15)16(21)20(2)9-13-6-10-3-4-11(13)5-10/h7-8,10-11,13H,3-6,9H2,1-2H3,(H,18,19). The molecule has 1 aromatic heterocycles. The van der Waals surface area contributed by atoms with E-state index in [0.29, 0.717) is 22.5 Å². The summed E-state index contributed by atoms with van der Waals surface area (Å²) in [5.41, 5.74) is 0.602. The van der Waals surface area contributed by atoms with Crippen molar-refractivity contribution in [2.75, 3.05) is 26.0 Å². The topological polar surface area (TPSA) is 45.2 Å². The number of pyridine rings is 1. The first-order chi connectivity index (χ1) is 10.1. The Morgan fingerprint density at radius 1 is 1.43 bits per heavy atom. The van der Waals surface area contributed by atoms with E-state index in [-0.39, 0.29) is 5.91 Å². The van der Waals surface area contributed by atoms with Crippen molar-refractivity contribution >= 4 is 23.3 Å². The van der Waals surface area contributed by atoms with Crippen molar-refractivity contribution in [2.24, 2.45) is 17.8 Å². The van der Waals surface area contributed by atoms with E-state index < -0.39 is 0 Å². The van der Waals surface area contributed by atoms with Gasteiger partial charge in [0.05, 0.1) is 0 Å². The van der Waals surface area contributed by atoms with Gasteiger partial charge in [0.2, 0.25) is 0 Å². The Balaban J connectivity index is 1.68. The molecule has 0 radical (unpaired) electrons. The molecule has 5 heteroatoms. The van der Waals surface area contributed by atoms with Crippen LogP contribution in [0.2, 0.25) is 5.15 Å². The molecule has 2 aliphatic rings. The zero-order valence-electron chi connectivity index (χ0n) is 12.6. The van der Waals surface area contributed by atoms with Crippen LogP contribution in [-0.2, 0) is 0 Å². The first-order valence-corrected chi connectivity index (χ1v) is 8.05. The molecule has 4 nitrogen and oxygen atoms in total. The number of aromatic nitrogens is 1. The lowest BCUT2D eigenvalue weighted by atomic mass is 9.88. The molecule has 2 saturated carbocycles. The summed E-state index contributed by atoms with van der Waals surface area (Å²) in [6, 6.07) is 3.40. The number of amides is 1. The first kappa shape index (κ1) is 14.6. The molecular weight excluding hydrogens is 286 g/mol. The lowest BCUT2D eigenvalue weighted by Gasteiger charge is -2.27. The maximum atomic E-state index is 12.6. The summed E-state index contributed by atoms with van der Waals surface area (Å²) < 4.78 is 0. The molecule has 114 valence electrons. The Kier molecular flexibility index (Phi) is 4.07. The number of halogens is 1. The molecule has 1 amide bonds. The molecule has 2 aliphatic carbocycles. The molecule has 2 bridgehead atoms. The number of hydrogen-bond donors (Lipinski definition) is 1. The van der Waals surface area contributed by atoms with Crippen molar-refractivity contribution < 1.29 is 4.79 Å². The predicted molar refractivity (Wildman–Crippen MR) is 84.7 cm³/mol. The van der Waals surface area contributed by atoms with Gasteiger partial charge in [-0.2, -0.15) is 0 Å². The fourth-order valence-corrected chi connectivity index (χ4v) is 4.21. The molecule has 21 heavy (non-hydrogen) atoms. The SMILES string of the molecule is CNc1cc(C(=O)N(C)CC2CC3CCC2C3)cc(Cl)n1. The Hall–Kier alpha value is -1.29. The minimum Gasteiger partial charge on any atom is -0.373 e. The van der Waals surface area contributed by atoms with Crippen molar-refractivity contribution in [3.05, 3.63) is 22.8 Å². The quantitative estimate of drug-likeness (QED) is 0.868. The van der Waals surface area contributed by atoms with E-state index in [1.807, 2.05) is 11.9 Å². The van der Waals surface area contributed by atoms with Gasteiger partial charge in [-0.05, 0) is 49.1 Å². The summed E-state index contributed by atoms with van der Waals surface area (Å²) in [6.07, 6.45) is 5.41. The van der Waals surface area contributed by atoms with Crippen LogP contribution in [0.1, 0.15) is 36.0 Å². The van der Waals surface area contributed by atoms with E-state index in [4.69, 9.17) is 11.6 Å². The highest BCUT2D eigenvalue weighted by molar-refractivity contribution is 6.29. The van der Waals surface area contributed by atoms with Crippen LogP contribution >= 0.6 is 11.6 Å². The van der Waals surface area contributed by atoms with E-state index in [1.54, 1.807) is 19.2 Å². The Morgan fingerprint density at radius 3 is 2.86 bits per heavy atom. The third-order valence-corrected chi connectivity index (χ3v) is 5.23. The maximum Gasteiger partial charge on any atom is 0.253 e. The van der Waals surface area contributed by atoms with Gasteiger partial charge in [0.15, 0.2) is 0 Å². The lowest BCUT2D eigenvalue weighted by molar-refractivity contribution is 0.0754.